The van der Waals surface area contributed by atoms with Gasteiger partial charge in [-0.15, -0.1) is 0 Å². The van der Waals surface area contributed by atoms with Crippen LogP contribution in [-0.2, 0) is 9.47 Å². The molecule has 2 aromatic heterocycles. The summed E-state index contributed by atoms with van der Waals surface area (Å²) in [5.41, 5.74) is -1.31. The highest BCUT2D eigenvalue weighted by atomic mass is 35.5. The van der Waals surface area contributed by atoms with E-state index in [-0.39, 0.29) is 34.8 Å². The highest BCUT2D eigenvalue weighted by Crippen LogP contribution is 2.41. The van der Waals surface area contributed by atoms with Crippen LogP contribution in [-0.4, -0.2) is 107 Å². The van der Waals surface area contributed by atoms with Crippen LogP contribution in [0, 0.1) is 11.2 Å². The van der Waals surface area contributed by atoms with E-state index in [1.165, 1.54) is 6.20 Å². The Balaban J connectivity index is 1.27. The lowest BCUT2D eigenvalue weighted by Gasteiger charge is -2.50. The maximum atomic E-state index is 15.2. The first kappa shape index (κ1) is 27.6. The molecule has 4 saturated heterocycles. The number of carbonyl (C=O) groups is 1. The predicted octanol–water partition coefficient (Wildman–Crippen LogP) is 3.85. The molecule has 0 radical (unpaired) electrons. The van der Waals surface area contributed by atoms with Crippen molar-refractivity contribution < 1.29 is 27.8 Å². The normalized spacial score (nSPS) is 26.6. The fourth-order valence-electron chi connectivity index (χ4n) is 6.54. The number of halogens is 3. The lowest BCUT2D eigenvalue weighted by atomic mass is 9.80. The zero-order valence-corrected chi connectivity index (χ0v) is 23.8. The van der Waals surface area contributed by atoms with Crippen LogP contribution >= 0.6 is 11.6 Å². The van der Waals surface area contributed by atoms with Crippen LogP contribution < -0.4 is 9.64 Å². The molecule has 4 aliphatic rings. The largest absolute Gasteiger partial charge is 0.461 e. The summed E-state index contributed by atoms with van der Waals surface area (Å²) in [4.78, 5) is 31.5. The first-order valence-electron chi connectivity index (χ1n) is 13.8. The molecule has 0 aromatic carbocycles. The molecule has 0 N–H and O–H groups in total. The number of fused-ring (bicyclic) bond motifs is 2. The van der Waals surface area contributed by atoms with Crippen LogP contribution in [0.15, 0.2) is 6.20 Å². The monoisotopic (exact) mass is 580 g/mol. The topological polar surface area (TPSA) is 93.1 Å². The van der Waals surface area contributed by atoms with Crippen LogP contribution in [0.25, 0.3) is 10.9 Å². The summed E-state index contributed by atoms with van der Waals surface area (Å²) in [5, 5.41) is 0.113. The minimum Gasteiger partial charge on any atom is -0.461 e. The Morgan fingerprint density at radius 1 is 1.25 bits per heavy atom. The minimum atomic E-state index is -0.893. The Hall–Kier alpha value is -2.57. The van der Waals surface area contributed by atoms with Gasteiger partial charge in [0.1, 0.15) is 29.7 Å². The number of aromatic nitrogens is 3. The number of hydrogen-bond donors (Lipinski definition) is 0. The number of likely N-dealkylation sites (tertiary alicyclic amines) is 1. The molecule has 6 heterocycles. The molecule has 0 saturated carbocycles. The molecular weight excluding hydrogens is 546 g/mol. The van der Waals surface area contributed by atoms with Crippen molar-refractivity contribution in [1.82, 2.24) is 24.8 Å². The summed E-state index contributed by atoms with van der Waals surface area (Å²) in [6.07, 6.45) is 2.42. The number of carbonyl (C=O) groups excluding carboxylic acids is 1. The van der Waals surface area contributed by atoms with E-state index in [1.807, 2.05) is 25.7 Å². The van der Waals surface area contributed by atoms with Gasteiger partial charge in [0.15, 0.2) is 11.0 Å². The van der Waals surface area contributed by atoms with Gasteiger partial charge < -0.3 is 24.0 Å². The number of nitrogens with zero attached hydrogens (tertiary/aromatic N) is 6. The third-order valence-electron chi connectivity index (χ3n) is 8.28. The third-order valence-corrected chi connectivity index (χ3v) is 8.54. The van der Waals surface area contributed by atoms with E-state index in [4.69, 9.17) is 30.8 Å². The summed E-state index contributed by atoms with van der Waals surface area (Å²) >= 11 is 6.02. The van der Waals surface area contributed by atoms with Gasteiger partial charge in [-0.2, -0.15) is 9.97 Å². The first-order valence-corrected chi connectivity index (χ1v) is 14.2. The number of alkyl halides is 1. The average molecular weight is 581 g/mol. The molecule has 0 bridgehead atoms. The second-order valence-corrected chi connectivity index (χ2v) is 13.0. The van der Waals surface area contributed by atoms with Gasteiger partial charge in [0.2, 0.25) is 0 Å². The molecule has 0 aliphatic carbocycles. The molecule has 1 spiro atoms. The number of rotatable bonds is 4. The van der Waals surface area contributed by atoms with Crippen LogP contribution in [0.4, 0.5) is 19.4 Å². The van der Waals surface area contributed by atoms with Gasteiger partial charge in [-0.3, -0.25) is 4.90 Å². The minimum absolute atomic E-state index is 0.00964. The van der Waals surface area contributed by atoms with Crippen molar-refractivity contribution in [2.75, 3.05) is 64.0 Å². The molecular formula is C27H35ClF2N6O4. The number of pyridine rings is 1. The maximum absolute atomic E-state index is 15.2. The Morgan fingerprint density at radius 2 is 2.05 bits per heavy atom. The van der Waals surface area contributed by atoms with Crippen LogP contribution in [0.3, 0.4) is 0 Å². The summed E-state index contributed by atoms with van der Waals surface area (Å²) in [6.45, 7) is 9.79. The Bertz CT molecular complexity index is 1310. The maximum Gasteiger partial charge on any atom is 0.410 e. The second-order valence-electron chi connectivity index (χ2n) is 12.6. The Kier molecular flexibility index (Phi) is 6.94. The number of ether oxygens (including phenoxy) is 3. The molecule has 218 valence electrons. The van der Waals surface area contributed by atoms with Gasteiger partial charge in [0, 0.05) is 50.8 Å². The van der Waals surface area contributed by atoms with E-state index < -0.39 is 23.1 Å². The summed E-state index contributed by atoms with van der Waals surface area (Å²) in [6, 6.07) is 0.00964. The van der Waals surface area contributed by atoms with Crippen molar-refractivity contribution in [3.8, 4) is 6.01 Å². The van der Waals surface area contributed by atoms with Crippen molar-refractivity contribution in [2.24, 2.45) is 5.41 Å². The van der Waals surface area contributed by atoms with Crippen LogP contribution in [0.5, 0.6) is 6.01 Å². The SMILES string of the molecule is CC(C)(C)OC(=O)N1CC2(COCCN(c3nc(OC[C@@]45CCCN4C[C@H](F)C5)nc4c(F)c(Cl)ncc34)C2)C1. The van der Waals surface area contributed by atoms with Crippen molar-refractivity contribution >= 4 is 34.4 Å². The Labute approximate surface area is 236 Å². The van der Waals surface area contributed by atoms with E-state index in [0.717, 1.165) is 19.4 Å². The summed E-state index contributed by atoms with van der Waals surface area (Å²) in [5.74, 6) is -0.294. The quantitative estimate of drug-likeness (QED) is 0.500. The fourth-order valence-corrected chi connectivity index (χ4v) is 6.67. The lowest BCUT2D eigenvalue weighted by Crippen LogP contribution is -2.64. The molecule has 40 heavy (non-hydrogen) atoms. The standard InChI is InChI=1S/C27H35ClF2N6O4/c1-25(2,3)40-24(37)35-13-26(14-35)12-34(7-8-38-15-26)22-18-10-31-21(28)19(30)20(18)32-23(33-22)39-16-27-5-4-6-36(27)11-17(29)9-27/h10,17H,4-9,11-16H2,1-3H3/t17-,27+/m1/s1. The summed E-state index contributed by atoms with van der Waals surface area (Å²) in [7, 11) is 0. The summed E-state index contributed by atoms with van der Waals surface area (Å²) < 4.78 is 47.1. The second kappa shape index (κ2) is 10.1. The van der Waals surface area contributed by atoms with E-state index in [2.05, 4.69) is 14.9 Å². The van der Waals surface area contributed by atoms with Gasteiger partial charge in [-0.05, 0) is 40.2 Å². The van der Waals surface area contributed by atoms with Gasteiger partial charge in [0.25, 0.3) is 0 Å². The van der Waals surface area contributed by atoms with Gasteiger partial charge in [-0.25, -0.2) is 18.6 Å². The molecule has 0 unspecified atom stereocenters. The fraction of sp³-hybridized carbons (Fsp3) is 0.704. The van der Waals surface area contributed by atoms with Gasteiger partial charge in [-0.1, -0.05) is 11.6 Å². The van der Waals surface area contributed by atoms with Crippen molar-refractivity contribution in [3.05, 3.63) is 17.2 Å². The van der Waals surface area contributed by atoms with Crippen molar-refractivity contribution in [1.29, 1.82) is 0 Å². The average Bonchev–Trinajstić information content (AvgIpc) is 3.28. The van der Waals surface area contributed by atoms with Crippen molar-refractivity contribution in [3.63, 3.8) is 0 Å². The molecule has 4 aliphatic heterocycles. The molecule has 13 heteroatoms. The lowest BCUT2D eigenvalue weighted by molar-refractivity contribution is -0.0595. The third kappa shape index (κ3) is 5.14. The molecule has 6 rings (SSSR count). The molecule has 2 aromatic rings. The number of anilines is 1. The van der Waals surface area contributed by atoms with E-state index >= 15 is 4.39 Å². The highest BCUT2D eigenvalue weighted by molar-refractivity contribution is 6.30. The number of hydrogen-bond acceptors (Lipinski definition) is 9. The highest BCUT2D eigenvalue weighted by Gasteiger charge is 2.50. The molecule has 4 fully saturated rings. The number of amides is 1. The van der Waals surface area contributed by atoms with Crippen LogP contribution in [0.2, 0.25) is 5.15 Å². The van der Waals surface area contributed by atoms with Crippen molar-refractivity contribution in [2.45, 2.75) is 57.3 Å². The first-order chi connectivity index (χ1) is 19.0. The van der Waals surface area contributed by atoms with Gasteiger partial charge >= 0.3 is 12.1 Å². The molecule has 10 nitrogen and oxygen atoms in total. The van der Waals surface area contributed by atoms with E-state index in [1.54, 1.807) is 4.90 Å². The van der Waals surface area contributed by atoms with E-state index in [9.17, 15) is 9.18 Å². The van der Waals surface area contributed by atoms with E-state index in [0.29, 0.717) is 63.6 Å². The zero-order valence-electron chi connectivity index (χ0n) is 23.1. The molecule has 1 amide bonds. The smallest absolute Gasteiger partial charge is 0.410 e. The Morgan fingerprint density at radius 3 is 2.83 bits per heavy atom. The molecule has 2 atom stereocenters. The van der Waals surface area contributed by atoms with Gasteiger partial charge in [0.05, 0.1) is 24.1 Å². The van der Waals surface area contributed by atoms with Crippen LogP contribution in [0.1, 0.15) is 40.0 Å². The zero-order chi connectivity index (χ0) is 28.3. The predicted molar refractivity (Wildman–Crippen MR) is 144 cm³/mol.